The van der Waals surface area contributed by atoms with Crippen LogP contribution in [0.15, 0.2) is 27.6 Å². The topological polar surface area (TPSA) is 63.4 Å². The van der Waals surface area contributed by atoms with Gasteiger partial charge in [0.15, 0.2) is 0 Å². The minimum Gasteiger partial charge on any atom is -0.399 e. The molecule has 6 heteroatoms. The average molecular weight is 335 g/mol. The van der Waals surface area contributed by atoms with Crippen LogP contribution in [-0.4, -0.2) is 25.8 Å². The van der Waals surface area contributed by atoms with Crippen molar-refractivity contribution in [1.82, 2.24) is 4.31 Å². The van der Waals surface area contributed by atoms with E-state index in [1.54, 1.807) is 19.2 Å². The quantitative estimate of drug-likeness (QED) is 0.842. The standard InChI is InChI=1S/C12H19BrN2O2S/c1-4-10(5-2)15(3)18(16,17)12-8-9(14)6-7-11(12)13/h6-8,10H,4-5,14H2,1-3H3. The van der Waals surface area contributed by atoms with E-state index >= 15 is 0 Å². The summed E-state index contributed by atoms with van der Waals surface area (Å²) in [6.45, 7) is 3.96. The van der Waals surface area contributed by atoms with Crippen LogP contribution in [-0.2, 0) is 10.0 Å². The van der Waals surface area contributed by atoms with Crippen molar-refractivity contribution in [2.24, 2.45) is 0 Å². The Hall–Kier alpha value is -0.590. The molecule has 0 spiro atoms. The van der Waals surface area contributed by atoms with Gasteiger partial charge in [0.05, 0.1) is 4.90 Å². The summed E-state index contributed by atoms with van der Waals surface area (Å²) in [6.07, 6.45) is 1.57. The summed E-state index contributed by atoms with van der Waals surface area (Å²) in [6, 6.07) is 4.81. The Balaban J connectivity index is 3.25. The summed E-state index contributed by atoms with van der Waals surface area (Å²) >= 11 is 3.27. The van der Waals surface area contributed by atoms with Crippen molar-refractivity contribution >= 4 is 31.6 Å². The van der Waals surface area contributed by atoms with E-state index in [4.69, 9.17) is 5.73 Å². The molecule has 0 saturated heterocycles. The Morgan fingerprint density at radius 2 is 1.89 bits per heavy atom. The van der Waals surface area contributed by atoms with Gasteiger partial charge in [-0.25, -0.2) is 8.42 Å². The molecule has 2 N–H and O–H groups in total. The number of anilines is 1. The van der Waals surface area contributed by atoms with Crippen LogP contribution in [0.3, 0.4) is 0 Å². The molecule has 0 bridgehead atoms. The summed E-state index contributed by atoms with van der Waals surface area (Å²) < 4.78 is 27.0. The fourth-order valence-corrected chi connectivity index (χ4v) is 4.33. The van der Waals surface area contributed by atoms with Crippen molar-refractivity contribution in [2.75, 3.05) is 12.8 Å². The molecule has 0 aromatic heterocycles. The Morgan fingerprint density at radius 3 is 2.39 bits per heavy atom. The molecule has 0 heterocycles. The smallest absolute Gasteiger partial charge is 0.244 e. The number of nitrogen functional groups attached to an aromatic ring is 1. The van der Waals surface area contributed by atoms with Gasteiger partial charge in [-0.05, 0) is 47.0 Å². The highest BCUT2D eigenvalue weighted by atomic mass is 79.9. The average Bonchev–Trinajstić information content (AvgIpc) is 2.33. The number of sulfonamides is 1. The third kappa shape index (κ3) is 3.05. The van der Waals surface area contributed by atoms with Gasteiger partial charge in [0.1, 0.15) is 0 Å². The third-order valence-corrected chi connectivity index (χ3v) is 5.97. The first kappa shape index (κ1) is 15.5. The molecule has 0 aliphatic rings. The predicted molar refractivity (Wildman–Crippen MR) is 77.9 cm³/mol. The van der Waals surface area contributed by atoms with E-state index in [2.05, 4.69) is 15.9 Å². The molecule has 1 aromatic rings. The maximum atomic E-state index is 12.5. The first-order valence-electron chi connectivity index (χ1n) is 5.87. The van der Waals surface area contributed by atoms with Gasteiger partial charge >= 0.3 is 0 Å². The van der Waals surface area contributed by atoms with Crippen molar-refractivity contribution in [3.05, 3.63) is 22.7 Å². The van der Waals surface area contributed by atoms with E-state index in [-0.39, 0.29) is 10.9 Å². The van der Waals surface area contributed by atoms with E-state index < -0.39 is 10.0 Å². The van der Waals surface area contributed by atoms with Crippen LogP contribution in [0.5, 0.6) is 0 Å². The SMILES string of the molecule is CCC(CC)N(C)S(=O)(=O)c1cc(N)ccc1Br. The van der Waals surface area contributed by atoms with Gasteiger partial charge in [-0.15, -0.1) is 0 Å². The molecule has 1 rings (SSSR count). The summed E-state index contributed by atoms with van der Waals surface area (Å²) in [4.78, 5) is 0.219. The van der Waals surface area contributed by atoms with Gasteiger partial charge in [0.25, 0.3) is 0 Å². The largest absolute Gasteiger partial charge is 0.399 e. The second-order valence-corrected chi connectivity index (χ2v) is 7.00. The number of nitrogens with zero attached hydrogens (tertiary/aromatic N) is 1. The third-order valence-electron chi connectivity index (χ3n) is 3.07. The van der Waals surface area contributed by atoms with Crippen LogP contribution < -0.4 is 5.73 Å². The molecule has 0 saturated carbocycles. The maximum Gasteiger partial charge on any atom is 0.244 e. The minimum absolute atomic E-state index is 0.00308. The van der Waals surface area contributed by atoms with E-state index in [1.165, 1.54) is 10.4 Å². The van der Waals surface area contributed by atoms with Crippen LogP contribution in [0.4, 0.5) is 5.69 Å². The molecule has 0 atom stereocenters. The summed E-state index contributed by atoms with van der Waals surface area (Å²) in [5, 5.41) is 0. The van der Waals surface area contributed by atoms with Crippen molar-refractivity contribution in [3.63, 3.8) is 0 Å². The fraction of sp³-hybridized carbons (Fsp3) is 0.500. The van der Waals surface area contributed by atoms with Crippen molar-refractivity contribution in [3.8, 4) is 0 Å². The van der Waals surface area contributed by atoms with Crippen LogP contribution >= 0.6 is 15.9 Å². The van der Waals surface area contributed by atoms with Crippen LogP contribution in [0, 0.1) is 0 Å². The predicted octanol–water partition coefficient (Wildman–Crippen LogP) is 2.84. The van der Waals surface area contributed by atoms with Crippen LogP contribution in [0.2, 0.25) is 0 Å². The highest BCUT2D eigenvalue weighted by Gasteiger charge is 2.27. The molecule has 0 aliphatic carbocycles. The van der Waals surface area contributed by atoms with Gasteiger partial charge in [-0.2, -0.15) is 4.31 Å². The van der Waals surface area contributed by atoms with E-state index in [0.717, 1.165) is 12.8 Å². The van der Waals surface area contributed by atoms with Gasteiger partial charge in [0.2, 0.25) is 10.0 Å². The number of hydrogen-bond acceptors (Lipinski definition) is 3. The van der Waals surface area contributed by atoms with Crippen molar-refractivity contribution in [1.29, 1.82) is 0 Å². The van der Waals surface area contributed by atoms with Gasteiger partial charge in [-0.3, -0.25) is 0 Å². The number of rotatable bonds is 5. The molecule has 4 nitrogen and oxygen atoms in total. The summed E-state index contributed by atoms with van der Waals surface area (Å²) in [7, 11) is -1.90. The molecular formula is C12H19BrN2O2S. The zero-order valence-electron chi connectivity index (χ0n) is 10.9. The molecule has 0 unspecified atom stereocenters. The van der Waals surface area contributed by atoms with Gasteiger partial charge in [0, 0.05) is 23.2 Å². The first-order chi connectivity index (χ1) is 8.34. The lowest BCUT2D eigenvalue weighted by Gasteiger charge is -2.26. The van der Waals surface area contributed by atoms with Crippen LogP contribution in [0.1, 0.15) is 26.7 Å². The first-order valence-corrected chi connectivity index (χ1v) is 8.10. The molecule has 18 heavy (non-hydrogen) atoms. The van der Waals surface area contributed by atoms with E-state index in [0.29, 0.717) is 10.2 Å². The lowest BCUT2D eigenvalue weighted by atomic mass is 10.2. The monoisotopic (exact) mass is 334 g/mol. The molecule has 0 radical (unpaired) electrons. The molecule has 0 fully saturated rings. The zero-order valence-corrected chi connectivity index (χ0v) is 13.3. The molecule has 102 valence electrons. The Kier molecular flexibility index (Phi) is 5.19. The van der Waals surface area contributed by atoms with E-state index in [9.17, 15) is 8.42 Å². The lowest BCUT2D eigenvalue weighted by Crippen LogP contribution is -2.36. The van der Waals surface area contributed by atoms with Crippen molar-refractivity contribution in [2.45, 2.75) is 37.6 Å². The number of hydrogen-bond donors (Lipinski definition) is 1. The normalized spacial score (nSPS) is 12.3. The van der Waals surface area contributed by atoms with Crippen molar-refractivity contribution < 1.29 is 8.42 Å². The van der Waals surface area contributed by atoms with Gasteiger partial charge < -0.3 is 5.73 Å². The maximum absolute atomic E-state index is 12.5. The molecule has 0 amide bonds. The number of nitrogens with two attached hydrogens (primary N) is 1. The van der Waals surface area contributed by atoms with Gasteiger partial charge in [-0.1, -0.05) is 13.8 Å². The van der Waals surface area contributed by atoms with Crippen LogP contribution in [0.25, 0.3) is 0 Å². The fourth-order valence-electron chi connectivity index (χ4n) is 1.87. The Morgan fingerprint density at radius 1 is 1.33 bits per heavy atom. The highest BCUT2D eigenvalue weighted by Crippen LogP contribution is 2.28. The number of halogens is 1. The zero-order chi connectivity index (χ0) is 13.9. The van der Waals surface area contributed by atoms with E-state index in [1.807, 2.05) is 13.8 Å². The second kappa shape index (κ2) is 6.04. The summed E-state index contributed by atoms with van der Waals surface area (Å²) in [5.74, 6) is 0. The molecule has 1 aromatic carbocycles. The number of benzene rings is 1. The Bertz CT molecular complexity index is 513. The lowest BCUT2D eigenvalue weighted by molar-refractivity contribution is 0.349. The Labute approximate surface area is 117 Å². The second-order valence-electron chi connectivity index (χ2n) is 4.18. The molecule has 0 aliphatic heterocycles. The summed E-state index contributed by atoms with van der Waals surface area (Å²) in [5.41, 5.74) is 6.10. The minimum atomic E-state index is -3.51. The highest BCUT2D eigenvalue weighted by molar-refractivity contribution is 9.10. The molecular weight excluding hydrogens is 316 g/mol.